The third-order valence-electron chi connectivity index (χ3n) is 6.15. The fourth-order valence-corrected chi connectivity index (χ4v) is 5.15. The van der Waals surface area contributed by atoms with E-state index in [1.165, 1.54) is 25.9 Å². The molecule has 10 nitrogen and oxygen atoms in total. The number of nitrogens with zero attached hydrogens (tertiary/aromatic N) is 3. The van der Waals surface area contributed by atoms with Crippen molar-refractivity contribution in [3.63, 3.8) is 0 Å². The van der Waals surface area contributed by atoms with Gasteiger partial charge in [0.15, 0.2) is 0 Å². The summed E-state index contributed by atoms with van der Waals surface area (Å²) >= 11 is 0. The molecular formula is C22H33N3O7S. The zero-order chi connectivity index (χ0) is 25.0. The molecule has 1 aliphatic rings. The molecule has 11 heteroatoms. The van der Waals surface area contributed by atoms with Gasteiger partial charge in [0.1, 0.15) is 17.9 Å². The molecule has 1 aromatic carbocycles. The topological polar surface area (TPSA) is 125 Å². The highest BCUT2D eigenvalue weighted by atomic mass is 32.2. The molecule has 33 heavy (non-hydrogen) atoms. The number of amides is 3. The fourth-order valence-electron chi connectivity index (χ4n) is 3.51. The van der Waals surface area contributed by atoms with Crippen LogP contribution in [-0.2, 0) is 19.6 Å². The minimum atomic E-state index is -3.90. The Kier molecular flexibility index (Phi) is 8.13. The first-order valence-corrected chi connectivity index (χ1v) is 12.3. The molecule has 184 valence electrons. The predicted octanol–water partition coefficient (Wildman–Crippen LogP) is 1.87. The van der Waals surface area contributed by atoms with Gasteiger partial charge in [-0.05, 0) is 45.7 Å². The number of hydrogen-bond donors (Lipinski definition) is 1. The van der Waals surface area contributed by atoms with E-state index >= 15 is 0 Å². The van der Waals surface area contributed by atoms with Crippen LogP contribution in [0.2, 0.25) is 0 Å². The van der Waals surface area contributed by atoms with Crippen molar-refractivity contribution >= 4 is 27.9 Å². The Bertz CT molecular complexity index is 981. The van der Waals surface area contributed by atoms with Crippen molar-refractivity contribution in [3.8, 4) is 5.75 Å². The highest BCUT2D eigenvalue weighted by Crippen LogP contribution is 2.30. The lowest BCUT2D eigenvalue weighted by Crippen LogP contribution is -2.43. The number of imide groups is 1. The van der Waals surface area contributed by atoms with E-state index in [1.807, 2.05) is 6.07 Å². The third kappa shape index (κ3) is 6.02. The van der Waals surface area contributed by atoms with E-state index in [9.17, 15) is 27.9 Å². The van der Waals surface area contributed by atoms with E-state index in [4.69, 9.17) is 4.74 Å². The Morgan fingerprint density at radius 2 is 1.82 bits per heavy atom. The normalized spacial score (nSPS) is 18.0. The van der Waals surface area contributed by atoms with Gasteiger partial charge >= 0.3 is 12.0 Å². The maximum absolute atomic E-state index is 12.8. The summed E-state index contributed by atoms with van der Waals surface area (Å²) < 4.78 is 32.3. The first-order valence-electron chi connectivity index (χ1n) is 10.7. The van der Waals surface area contributed by atoms with Crippen molar-refractivity contribution in [3.05, 3.63) is 30.3 Å². The molecule has 0 bridgehead atoms. The first-order chi connectivity index (χ1) is 15.2. The number of aliphatic carboxylic acids is 1. The highest BCUT2D eigenvalue weighted by molar-refractivity contribution is 7.89. The molecule has 1 saturated heterocycles. The van der Waals surface area contributed by atoms with Crippen molar-refractivity contribution in [1.82, 2.24) is 14.1 Å². The summed E-state index contributed by atoms with van der Waals surface area (Å²) in [5, 5.41) is 9.76. The lowest BCUT2D eigenvalue weighted by Gasteiger charge is -2.28. The number of benzene rings is 1. The molecule has 2 rings (SSSR count). The fraction of sp³-hybridized carbons (Fsp3) is 0.591. The van der Waals surface area contributed by atoms with E-state index in [0.29, 0.717) is 5.75 Å². The maximum Gasteiger partial charge on any atom is 0.327 e. The number of hydrogen-bond acceptors (Lipinski definition) is 6. The number of carboxylic acids is 1. The van der Waals surface area contributed by atoms with Gasteiger partial charge in [0, 0.05) is 27.2 Å². The molecule has 1 fully saturated rings. The molecular weight excluding hydrogens is 450 g/mol. The standard InChI is InChI=1S/C22H33N3O7S/c1-21(2)18(26)25(20(29)24(21)5)13-9-12-22(3,19(27)28)16-33(30,31)23(4)14-15-32-17-10-7-6-8-11-17/h6-8,10-11H,9,12-16H2,1-5H3,(H,27,28). The van der Waals surface area contributed by atoms with Gasteiger partial charge in [-0.3, -0.25) is 14.5 Å². The third-order valence-corrected chi connectivity index (χ3v) is 8.28. The number of carbonyl (C=O) groups excluding carboxylic acids is 2. The Balaban J connectivity index is 1.96. The summed E-state index contributed by atoms with van der Waals surface area (Å²) in [5.41, 5.74) is -2.55. The molecule has 1 aromatic rings. The zero-order valence-corrected chi connectivity index (χ0v) is 20.6. The second kappa shape index (κ2) is 10.1. The zero-order valence-electron chi connectivity index (χ0n) is 19.8. The number of carboxylic acid groups (broad SMARTS) is 1. The van der Waals surface area contributed by atoms with Gasteiger partial charge in [-0.15, -0.1) is 0 Å². The van der Waals surface area contributed by atoms with Crippen LogP contribution < -0.4 is 4.74 Å². The summed E-state index contributed by atoms with van der Waals surface area (Å²) in [6.07, 6.45) is 0.150. The maximum atomic E-state index is 12.8. The molecule has 3 amide bonds. The van der Waals surface area contributed by atoms with Crippen LogP contribution in [0.15, 0.2) is 30.3 Å². The van der Waals surface area contributed by atoms with Gasteiger partial charge in [-0.2, -0.15) is 0 Å². The number of likely N-dealkylation sites (N-methyl/N-ethyl adjacent to an activating group) is 2. The number of ether oxygens (including phenoxy) is 1. The quantitative estimate of drug-likeness (QED) is 0.450. The molecule has 1 N–H and O–H groups in total. The average molecular weight is 484 g/mol. The second-order valence-electron chi connectivity index (χ2n) is 9.07. The SMILES string of the molecule is CN1C(=O)N(CCCC(C)(CS(=O)(=O)N(C)CCOc2ccccc2)C(=O)O)C(=O)C1(C)C. The first kappa shape index (κ1) is 26.6. The smallest absolute Gasteiger partial charge is 0.327 e. The van der Waals surface area contributed by atoms with Crippen LogP contribution >= 0.6 is 0 Å². The van der Waals surface area contributed by atoms with E-state index in [-0.39, 0.29) is 38.4 Å². The molecule has 1 unspecified atom stereocenters. The van der Waals surface area contributed by atoms with E-state index < -0.39 is 38.7 Å². The van der Waals surface area contributed by atoms with Crippen LogP contribution in [0.25, 0.3) is 0 Å². The van der Waals surface area contributed by atoms with Crippen molar-refractivity contribution in [2.45, 2.75) is 39.2 Å². The Labute approximate surface area is 195 Å². The number of carbonyl (C=O) groups is 3. The lowest BCUT2D eigenvalue weighted by molar-refractivity contribution is -0.147. The van der Waals surface area contributed by atoms with Crippen LogP contribution in [0.4, 0.5) is 4.79 Å². The molecule has 1 heterocycles. The van der Waals surface area contributed by atoms with Gasteiger partial charge in [0.2, 0.25) is 10.0 Å². The van der Waals surface area contributed by atoms with Crippen molar-refractivity contribution < 1.29 is 32.6 Å². The van der Waals surface area contributed by atoms with Crippen LogP contribution in [0.3, 0.4) is 0 Å². The molecule has 1 aliphatic heterocycles. The van der Waals surface area contributed by atoms with Crippen LogP contribution in [0, 0.1) is 5.41 Å². The summed E-state index contributed by atoms with van der Waals surface area (Å²) in [5.74, 6) is -1.61. The Morgan fingerprint density at radius 1 is 1.21 bits per heavy atom. The van der Waals surface area contributed by atoms with Crippen molar-refractivity contribution in [2.24, 2.45) is 5.41 Å². The Morgan fingerprint density at radius 3 is 2.33 bits per heavy atom. The molecule has 1 atom stereocenters. The minimum absolute atomic E-state index is 0.0167. The molecule has 0 radical (unpaired) electrons. The van der Waals surface area contributed by atoms with Gasteiger partial charge in [-0.25, -0.2) is 17.5 Å². The second-order valence-corrected chi connectivity index (χ2v) is 11.1. The van der Waals surface area contributed by atoms with Crippen LogP contribution in [0.1, 0.15) is 33.6 Å². The van der Waals surface area contributed by atoms with Crippen molar-refractivity contribution in [2.75, 3.05) is 39.5 Å². The predicted molar refractivity (Wildman–Crippen MR) is 122 cm³/mol. The van der Waals surface area contributed by atoms with E-state index in [2.05, 4.69) is 0 Å². The number of sulfonamides is 1. The summed E-state index contributed by atoms with van der Waals surface area (Å²) in [6, 6.07) is 8.50. The molecule has 0 spiro atoms. The van der Waals surface area contributed by atoms with Gasteiger partial charge in [0.05, 0.1) is 11.2 Å². The summed E-state index contributed by atoms with van der Waals surface area (Å²) in [7, 11) is -0.985. The number of para-hydroxylation sites is 1. The van der Waals surface area contributed by atoms with Crippen molar-refractivity contribution in [1.29, 1.82) is 0 Å². The Hall–Kier alpha value is -2.66. The number of urea groups is 1. The minimum Gasteiger partial charge on any atom is -0.492 e. The van der Waals surface area contributed by atoms with Gasteiger partial charge < -0.3 is 14.7 Å². The summed E-state index contributed by atoms with van der Waals surface area (Å²) in [4.78, 5) is 39.2. The van der Waals surface area contributed by atoms with Gasteiger partial charge in [-0.1, -0.05) is 18.2 Å². The average Bonchev–Trinajstić information content (AvgIpc) is 2.88. The molecule has 0 aromatic heterocycles. The lowest BCUT2D eigenvalue weighted by atomic mass is 9.87. The van der Waals surface area contributed by atoms with Gasteiger partial charge in [0.25, 0.3) is 5.91 Å². The monoisotopic (exact) mass is 483 g/mol. The molecule has 0 aliphatic carbocycles. The van der Waals surface area contributed by atoms with E-state index in [0.717, 1.165) is 9.21 Å². The summed E-state index contributed by atoms with van der Waals surface area (Å²) in [6.45, 7) is 4.84. The van der Waals surface area contributed by atoms with Crippen LogP contribution in [-0.4, -0.2) is 90.6 Å². The van der Waals surface area contributed by atoms with E-state index in [1.54, 1.807) is 38.1 Å². The largest absolute Gasteiger partial charge is 0.492 e. The number of rotatable bonds is 12. The highest BCUT2D eigenvalue weighted by Gasteiger charge is 2.49. The van der Waals surface area contributed by atoms with Crippen LogP contribution in [0.5, 0.6) is 5.75 Å². The molecule has 0 saturated carbocycles.